The zero-order valence-electron chi connectivity index (χ0n) is 6.42. The van der Waals surface area contributed by atoms with Crippen molar-refractivity contribution in [3.05, 3.63) is 0 Å². The zero-order valence-corrected chi connectivity index (χ0v) is 6.42. The van der Waals surface area contributed by atoms with Crippen molar-refractivity contribution in [1.29, 1.82) is 0 Å². The Morgan fingerprint density at radius 3 is 1.08 bits per heavy atom. The molecule has 0 bridgehead atoms. The topological polar surface area (TPSA) is 88.4 Å². The normalized spacial score (nSPS) is 18.8. The minimum absolute atomic E-state index is 0.337. The van der Waals surface area contributed by atoms with Crippen molar-refractivity contribution in [1.82, 2.24) is 0 Å². The lowest BCUT2D eigenvalue weighted by atomic mass is 9.71. The van der Waals surface area contributed by atoms with Gasteiger partial charge < -0.3 is 29.0 Å². The van der Waals surface area contributed by atoms with E-state index in [1.807, 2.05) is 0 Å². The van der Waals surface area contributed by atoms with E-state index in [-0.39, 0.29) is 19.5 Å². The molecule has 3 N–H and O–H groups in total. The van der Waals surface area contributed by atoms with E-state index in [1.165, 1.54) is 0 Å². The van der Waals surface area contributed by atoms with Gasteiger partial charge in [0.1, 0.15) is 0 Å². The second kappa shape index (κ2) is 4.85. The fraction of sp³-hybridized carbons (Fsp3) is 1.00. The summed E-state index contributed by atoms with van der Waals surface area (Å²) < 4.78 is 14.6. The third-order valence-corrected chi connectivity index (χ3v) is 1.36. The van der Waals surface area contributed by atoms with Crippen LogP contribution in [0.5, 0.6) is 0 Å². The first-order valence-corrected chi connectivity index (χ1v) is 3.59. The highest BCUT2D eigenvalue weighted by Crippen LogP contribution is 2.06. The van der Waals surface area contributed by atoms with Crippen molar-refractivity contribution in [2.24, 2.45) is 0 Å². The largest absolute Gasteiger partial charge is 0.457 e. The molecule has 0 aromatic heterocycles. The molecule has 9 heteroatoms. The van der Waals surface area contributed by atoms with Gasteiger partial charge in [-0.15, -0.1) is 0 Å². The maximum Gasteiger partial charge on any atom is 0.457 e. The average molecular weight is 174 g/mol. The van der Waals surface area contributed by atoms with Crippen LogP contribution in [-0.2, 0) is 13.7 Å². The van der Waals surface area contributed by atoms with Gasteiger partial charge in [0, 0.05) is 0 Å². The molecule has 0 aromatic rings. The van der Waals surface area contributed by atoms with Crippen LogP contribution in [0.2, 0.25) is 0 Å². The van der Waals surface area contributed by atoms with Gasteiger partial charge in [-0.1, -0.05) is 0 Å². The highest BCUT2D eigenvalue weighted by Gasteiger charge is 2.39. The predicted molar refractivity (Wildman–Crippen MR) is 41.8 cm³/mol. The Balaban J connectivity index is 2.41. The molecule has 1 aliphatic rings. The number of rotatable bonds is 3. The average Bonchev–Trinajstić information content (AvgIpc) is 2.16. The molecular weight excluding hydrogens is 164 g/mol. The maximum absolute atomic E-state index is 8.65. The summed E-state index contributed by atoms with van der Waals surface area (Å²) in [6, 6.07) is 0. The first kappa shape index (κ1) is 10.0. The minimum atomic E-state index is -0.840. The maximum atomic E-state index is 8.65. The summed E-state index contributed by atoms with van der Waals surface area (Å²) in [5.74, 6) is 0. The highest BCUT2D eigenvalue weighted by atomic mass is 16.7. The molecule has 1 aliphatic heterocycles. The monoisotopic (exact) mass is 174 g/mol. The molecule has 0 atom stereocenters. The van der Waals surface area contributed by atoms with Gasteiger partial charge in [-0.2, -0.15) is 0 Å². The molecular formula is C3H9B3O6. The van der Waals surface area contributed by atoms with Crippen LogP contribution in [0.15, 0.2) is 0 Å². The second-order valence-electron chi connectivity index (χ2n) is 2.24. The summed E-state index contributed by atoms with van der Waals surface area (Å²) in [6.45, 7) is -1.01. The highest BCUT2D eigenvalue weighted by molar-refractivity contribution is 6.73. The van der Waals surface area contributed by atoms with Gasteiger partial charge in [0.2, 0.25) is 0 Å². The Labute approximate surface area is 70.9 Å². The lowest BCUT2D eigenvalue weighted by Gasteiger charge is -2.28. The van der Waals surface area contributed by atoms with E-state index in [0.717, 1.165) is 0 Å². The molecule has 6 nitrogen and oxygen atoms in total. The van der Waals surface area contributed by atoms with Gasteiger partial charge in [0.15, 0.2) is 0 Å². The summed E-state index contributed by atoms with van der Waals surface area (Å²) in [7, 11) is -2.52. The summed E-state index contributed by atoms with van der Waals surface area (Å²) in [5, 5.41) is 25.9. The summed E-state index contributed by atoms with van der Waals surface area (Å²) in [6.07, 6.45) is 0. The first-order chi connectivity index (χ1) is 5.80. The number of hydrogen-bond donors (Lipinski definition) is 3. The minimum Gasteiger partial charge on any atom is -0.450 e. The third kappa shape index (κ3) is 2.48. The second-order valence-corrected chi connectivity index (χ2v) is 2.24. The Morgan fingerprint density at radius 1 is 0.667 bits per heavy atom. The van der Waals surface area contributed by atoms with E-state index < -0.39 is 21.4 Å². The van der Waals surface area contributed by atoms with Crippen LogP contribution >= 0.6 is 0 Å². The summed E-state index contributed by atoms with van der Waals surface area (Å²) in [4.78, 5) is 0. The van der Waals surface area contributed by atoms with Crippen LogP contribution in [0.25, 0.3) is 0 Å². The van der Waals surface area contributed by atoms with Crippen molar-refractivity contribution in [2.75, 3.05) is 19.5 Å². The number of aliphatic hydroxyl groups is 3. The van der Waals surface area contributed by atoms with Crippen LogP contribution in [0.1, 0.15) is 0 Å². The Kier molecular flexibility index (Phi) is 4.06. The van der Waals surface area contributed by atoms with Gasteiger partial charge in [0.25, 0.3) is 0 Å². The van der Waals surface area contributed by atoms with Crippen molar-refractivity contribution < 1.29 is 29.0 Å². The molecule has 66 valence electrons. The van der Waals surface area contributed by atoms with Crippen molar-refractivity contribution in [2.45, 2.75) is 0 Å². The quantitative estimate of drug-likeness (QED) is 0.397. The van der Waals surface area contributed by atoms with E-state index in [4.69, 9.17) is 29.0 Å². The van der Waals surface area contributed by atoms with Crippen molar-refractivity contribution >= 4 is 21.4 Å². The number of aliphatic hydroxyl groups excluding tert-OH is 3. The van der Waals surface area contributed by atoms with Crippen LogP contribution in [-0.4, -0.2) is 56.2 Å². The smallest absolute Gasteiger partial charge is 0.450 e. The molecule has 0 unspecified atom stereocenters. The lowest BCUT2D eigenvalue weighted by molar-refractivity contribution is 0.199. The van der Waals surface area contributed by atoms with E-state index in [2.05, 4.69) is 0 Å². The van der Waals surface area contributed by atoms with Gasteiger partial charge in [-0.3, -0.25) is 0 Å². The molecule has 0 spiro atoms. The standard InChI is InChI=1S/C3H9B3O6/c7-1-4-10-5(2-8)12-6(3-9)11-4/h7-9H,1-3H2. The van der Waals surface area contributed by atoms with E-state index in [1.54, 1.807) is 0 Å². The van der Waals surface area contributed by atoms with Crippen LogP contribution < -0.4 is 0 Å². The molecule has 0 aliphatic carbocycles. The van der Waals surface area contributed by atoms with Crippen LogP contribution in [0.3, 0.4) is 0 Å². The van der Waals surface area contributed by atoms with E-state index >= 15 is 0 Å². The molecule has 0 radical (unpaired) electrons. The van der Waals surface area contributed by atoms with Gasteiger partial charge in [0.05, 0.1) is 19.5 Å². The van der Waals surface area contributed by atoms with Gasteiger partial charge in [-0.25, -0.2) is 0 Å². The number of hydrogen-bond acceptors (Lipinski definition) is 6. The third-order valence-electron chi connectivity index (χ3n) is 1.36. The van der Waals surface area contributed by atoms with Gasteiger partial charge in [-0.05, 0) is 0 Å². The Morgan fingerprint density at radius 2 is 0.917 bits per heavy atom. The molecule has 1 saturated heterocycles. The molecule has 1 fully saturated rings. The predicted octanol–water partition coefficient (Wildman–Crippen LogP) is -2.89. The van der Waals surface area contributed by atoms with Gasteiger partial charge >= 0.3 is 21.4 Å². The molecule has 0 aromatic carbocycles. The van der Waals surface area contributed by atoms with E-state index in [9.17, 15) is 0 Å². The summed E-state index contributed by atoms with van der Waals surface area (Å²) in [5.41, 5.74) is 0. The molecule has 12 heavy (non-hydrogen) atoms. The molecule has 0 amide bonds. The first-order valence-electron chi connectivity index (χ1n) is 3.59. The fourth-order valence-corrected chi connectivity index (χ4v) is 0.862. The molecule has 0 saturated carbocycles. The van der Waals surface area contributed by atoms with Crippen LogP contribution in [0.4, 0.5) is 0 Å². The SMILES string of the molecule is OCB1OB(CO)OB(CO)O1. The Bertz CT molecular complexity index is 105. The van der Waals surface area contributed by atoms with Crippen LogP contribution in [0, 0.1) is 0 Å². The van der Waals surface area contributed by atoms with Crippen molar-refractivity contribution in [3.8, 4) is 0 Å². The van der Waals surface area contributed by atoms with E-state index in [0.29, 0.717) is 0 Å². The zero-order chi connectivity index (χ0) is 8.97. The fourth-order valence-electron chi connectivity index (χ4n) is 0.862. The molecule has 1 rings (SSSR count). The Hall–Kier alpha value is -0.0452. The lowest BCUT2D eigenvalue weighted by Crippen LogP contribution is -2.53. The summed E-state index contributed by atoms with van der Waals surface area (Å²) >= 11 is 0. The van der Waals surface area contributed by atoms with Crippen molar-refractivity contribution in [3.63, 3.8) is 0 Å². The molecule has 1 heterocycles.